The van der Waals surface area contributed by atoms with E-state index in [1.54, 1.807) is 13.4 Å². The Bertz CT molecular complexity index is 1080. The van der Waals surface area contributed by atoms with Gasteiger partial charge in [-0.1, -0.05) is 46.3 Å². The van der Waals surface area contributed by atoms with Crippen LogP contribution in [0.4, 0.5) is 0 Å². The molecule has 2 aromatic carbocycles. The fraction of sp³-hybridized carbons (Fsp3) is 0.111. The van der Waals surface area contributed by atoms with Crippen molar-refractivity contribution in [2.45, 2.75) is 6.54 Å². The molecule has 0 bridgehead atoms. The van der Waals surface area contributed by atoms with Crippen LogP contribution in [0.1, 0.15) is 5.56 Å². The molecule has 0 aliphatic carbocycles. The van der Waals surface area contributed by atoms with Crippen LogP contribution in [0.5, 0.6) is 0 Å². The Hall–Kier alpha value is -2.40. The lowest BCUT2D eigenvalue weighted by Gasteiger charge is -2.07. The molecule has 0 aliphatic rings. The van der Waals surface area contributed by atoms with Crippen LogP contribution in [0.15, 0.2) is 64.1 Å². The number of aryl methyl sites for hydroxylation is 1. The fourth-order valence-corrected chi connectivity index (χ4v) is 3.29. The second kappa shape index (κ2) is 5.35. The van der Waals surface area contributed by atoms with Crippen LogP contribution in [0, 0.1) is 0 Å². The third-order valence-corrected chi connectivity index (χ3v) is 4.56. The predicted molar refractivity (Wildman–Crippen MR) is 95.7 cm³/mol. The lowest BCUT2D eigenvalue weighted by molar-refractivity contribution is 0.809. The summed E-state index contributed by atoms with van der Waals surface area (Å²) in [6, 6.07) is 16.2. The normalized spacial score (nSPS) is 11.4. The zero-order valence-corrected chi connectivity index (χ0v) is 14.1. The second-order valence-electron chi connectivity index (χ2n) is 5.59. The van der Waals surface area contributed by atoms with Gasteiger partial charge in [-0.15, -0.1) is 0 Å². The highest BCUT2D eigenvalue weighted by Crippen LogP contribution is 2.28. The van der Waals surface area contributed by atoms with E-state index in [1.807, 2.05) is 36.4 Å². The third-order valence-electron chi connectivity index (χ3n) is 4.07. The average molecular weight is 368 g/mol. The minimum Gasteiger partial charge on any atom is -0.330 e. The van der Waals surface area contributed by atoms with Crippen LogP contribution >= 0.6 is 15.9 Å². The van der Waals surface area contributed by atoms with Gasteiger partial charge in [0.2, 0.25) is 0 Å². The number of hydrogen-bond donors (Lipinski definition) is 0. The summed E-state index contributed by atoms with van der Waals surface area (Å²) in [5.41, 5.74) is 3.53. The van der Waals surface area contributed by atoms with E-state index in [2.05, 4.69) is 37.6 Å². The number of aromatic nitrogens is 3. The van der Waals surface area contributed by atoms with E-state index in [1.165, 1.54) is 4.57 Å². The van der Waals surface area contributed by atoms with Crippen molar-refractivity contribution in [2.24, 2.45) is 7.05 Å². The smallest absolute Gasteiger partial charge is 0.277 e. The van der Waals surface area contributed by atoms with E-state index in [0.717, 1.165) is 26.5 Å². The Morgan fingerprint density at radius 2 is 1.91 bits per heavy atom. The van der Waals surface area contributed by atoms with Crippen molar-refractivity contribution < 1.29 is 0 Å². The Labute approximate surface area is 141 Å². The molecule has 0 N–H and O–H groups in total. The Morgan fingerprint density at radius 3 is 2.70 bits per heavy atom. The molecule has 23 heavy (non-hydrogen) atoms. The van der Waals surface area contributed by atoms with Crippen molar-refractivity contribution in [3.05, 3.63) is 75.2 Å². The Kier molecular flexibility index (Phi) is 3.31. The monoisotopic (exact) mass is 367 g/mol. The van der Waals surface area contributed by atoms with Gasteiger partial charge in [0.1, 0.15) is 11.0 Å². The minimum absolute atomic E-state index is 0.0294. The molecule has 0 unspecified atom stereocenters. The van der Waals surface area contributed by atoms with E-state index < -0.39 is 0 Å². The van der Waals surface area contributed by atoms with E-state index >= 15 is 0 Å². The first-order chi connectivity index (χ1) is 11.1. The lowest BCUT2D eigenvalue weighted by Crippen LogP contribution is -2.19. The molecule has 0 saturated heterocycles. The molecule has 4 aromatic rings. The SMILES string of the molecule is Cn1cnc2c3ccc(Br)cc3n(Cc3ccccc3)c2c1=O. The standard InChI is InChI=1S/C18H14BrN3O/c1-21-11-20-16-14-8-7-13(19)9-15(14)22(17(16)18(21)23)10-12-5-3-2-4-6-12/h2-9,11H,10H2,1H3. The van der Waals surface area contributed by atoms with Gasteiger partial charge in [-0.3, -0.25) is 4.79 Å². The molecule has 0 spiro atoms. The van der Waals surface area contributed by atoms with Gasteiger partial charge in [0.25, 0.3) is 5.56 Å². The largest absolute Gasteiger partial charge is 0.330 e. The topological polar surface area (TPSA) is 39.8 Å². The van der Waals surface area contributed by atoms with E-state index in [9.17, 15) is 4.79 Å². The minimum atomic E-state index is -0.0294. The molecule has 0 atom stereocenters. The van der Waals surface area contributed by atoms with Gasteiger partial charge in [0.05, 0.1) is 11.8 Å². The maximum absolute atomic E-state index is 12.7. The molecule has 0 saturated carbocycles. The molecule has 5 heteroatoms. The molecule has 0 fully saturated rings. The molecule has 0 amide bonds. The zero-order chi connectivity index (χ0) is 16.0. The van der Waals surface area contributed by atoms with Gasteiger partial charge >= 0.3 is 0 Å². The van der Waals surface area contributed by atoms with Crippen LogP contribution in [0.25, 0.3) is 21.9 Å². The van der Waals surface area contributed by atoms with Crippen LogP contribution in [0.3, 0.4) is 0 Å². The number of hydrogen-bond acceptors (Lipinski definition) is 2. The van der Waals surface area contributed by atoms with Crippen molar-refractivity contribution >= 4 is 37.9 Å². The van der Waals surface area contributed by atoms with Crippen LogP contribution in [-0.2, 0) is 13.6 Å². The van der Waals surface area contributed by atoms with Gasteiger partial charge in [0.15, 0.2) is 0 Å². The zero-order valence-electron chi connectivity index (χ0n) is 12.5. The molecule has 0 radical (unpaired) electrons. The summed E-state index contributed by atoms with van der Waals surface area (Å²) >= 11 is 3.53. The lowest BCUT2D eigenvalue weighted by atomic mass is 10.2. The van der Waals surface area contributed by atoms with Gasteiger partial charge in [-0.2, -0.15) is 0 Å². The van der Waals surface area contributed by atoms with Gasteiger partial charge in [-0.05, 0) is 23.8 Å². The van der Waals surface area contributed by atoms with Crippen molar-refractivity contribution in [3.63, 3.8) is 0 Å². The quantitative estimate of drug-likeness (QED) is 0.541. The first kappa shape index (κ1) is 14.2. The van der Waals surface area contributed by atoms with E-state index in [0.29, 0.717) is 12.1 Å². The summed E-state index contributed by atoms with van der Waals surface area (Å²) in [6.07, 6.45) is 1.58. The van der Waals surface area contributed by atoms with Gasteiger partial charge in [-0.25, -0.2) is 4.98 Å². The highest BCUT2D eigenvalue weighted by Gasteiger charge is 2.16. The molecule has 4 rings (SSSR count). The van der Waals surface area contributed by atoms with Crippen LogP contribution < -0.4 is 5.56 Å². The number of benzene rings is 2. The summed E-state index contributed by atoms with van der Waals surface area (Å²) in [5.74, 6) is 0. The van der Waals surface area contributed by atoms with Crippen LogP contribution in [0.2, 0.25) is 0 Å². The third kappa shape index (κ3) is 2.28. The maximum atomic E-state index is 12.7. The first-order valence-corrected chi connectivity index (χ1v) is 8.11. The summed E-state index contributed by atoms with van der Waals surface area (Å²) in [4.78, 5) is 17.2. The van der Waals surface area contributed by atoms with Crippen molar-refractivity contribution in [3.8, 4) is 0 Å². The number of rotatable bonds is 2. The predicted octanol–water partition coefficient (Wildman–Crippen LogP) is 3.70. The average Bonchev–Trinajstić information content (AvgIpc) is 2.86. The summed E-state index contributed by atoms with van der Waals surface area (Å²) in [7, 11) is 1.73. The summed E-state index contributed by atoms with van der Waals surface area (Å²) in [6.45, 7) is 0.637. The molecule has 2 aromatic heterocycles. The maximum Gasteiger partial charge on any atom is 0.277 e. The van der Waals surface area contributed by atoms with Gasteiger partial charge in [0, 0.05) is 23.5 Å². The Balaban J connectivity index is 2.11. The summed E-state index contributed by atoms with van der Waals surface area (Å²) < 4.78 is 4.57. The van der Waals surface area contributed by atoms with E-state index in [-0.39, 0.29) is 5.56 Å². The van der Waals surface area contributed by atoms with Gasteiger partial charge < -0.3 is 9.13 Å². The number of halogens is 1. The summed E-state index contributed by atoms with van der Waals surface area (Å²) in [5, 5.41) is 0.997. The number of nitrogens with zero attached hydrogens (tertiary/aromatic N) is 3. The molecular formula is C18H14BrN3O. The fourth-order valence-electron chi connectivity index (χ4n) is 2.95. The molecule has 0 aliphatic heterocycles. The first-order valence-electron chi connectivity index (χ1n) is 7.32. The van der Waals surface area contributed by atoms with Crippen molar-refractivity contribution in [1.82, 2.24) is 14.1 Å². The Morgan fingerprint density at radius 1 is 1.13 bits per heavy atom. The number of fused-ring (bicyclic) bond motifs is 3. The van der Waals surface area contributed by atoms with Crippen LogP contribution in [-0.4, -0.2) is 14.1 Å². The molecule has 114 valence electrons. The van der Waals surface area contributed by atoms with Crippen molar-refractivity contribution in [1.29, 1.82) is 0 Å². The molecule has 2 heterocycles. The van der Waals surface area contributed by atoms with E-state index in [4.69, 9.17) is 0 Å². The second-order valence-corrected chi connectivity index (χ2v) is 6.51. The molecule has 4 nitrogen and oxygen atoms in total. The van der Waals surface area contributed by atoms with Crippen molar-refractivity contribution in [2.75, 3.05) is 0 Å². The molecular weight excluding hydrogens is 354 g/mol. The highest BCUT2D eigenvalue weighted by molar-refractivity contribution is 9.10. The highest BCUT2D eigenvalue weighted by atomic mass is 79.9.